The molecule has 1 aromatic carbocycles. The summed E-state index contributed by atoms with van der Waals surface area (Å²) in [5, 5.41) is 4.43. The monoisotopic (exact) mass is 443 g/mol. The molecule has 4 rings (SSSR count). The molecule has 0 spiro atoms. The Morgan fingerprint density at radius 3 is 2.61 bits per heavy atom. The Kier molecular flexibility index (Phi) is 5.90. The van der Waals surface area contributed by atoms with Crippen LogP contribution >= 0.6 is 0 Å². The summed E-state index contributed by atoms with van der Waals surface area (Å²) >= 11 is 0. The number of nitrogens with zero attached hydrogens (tertiary/aromatic N) is 3. The first kappa shape index (κ1) is 21.6. The summed E-state index contributed by atoms with van der Waals surface area (Å²) in [6.45, 7) is 1.92. The predicted molar refractivity (Wildman–Crippen MR) is 121 cm³/mol. The number of rotatable bonds is 7. The molecule has 1 amide bonds. The lowest BCUT2D eigenvalue weighted by Crippen LogP contribution is -2.42. The summed E-state index contributed by atoms with van der Waals surface area (Å²) in [5.41, 5.74) is 7.98. The van der Waals surface area contributed by atoms with Crippen molar-refractivity contribution >= 4 is 26.6 Å². The van der Waals surface area contributed by atoms with Crippen LogP contribution in [0.15, 0.2) is 43.1 Å². The highest BCUT2D eigenvalue weighted by Crippen LogP contribution is 2.34. The summed E-state index contributed by atoms with van der Waals surface area (Å²) in [5.74, 6) is -0.298. The number of carbonyl (C=O) groups excluding carboxylic acids is 1. The molecule has 8 nitrogen and oxygen atoms in total. The van der Waals surface area contributed by atoms with Gasteiger partial charge in [0.15, 0.2) is 0 Å². The second-order valence-corrected chi connectivity index (χ2v) is 10.8. The lowest BCUT2D eigenvalue weighted by atomic mass is 9.90. The van der Waals surface area contributed by atoms with Crippen molar-refractivity contribution in [3.63, 3.8) is 0 Å². The second-order valence-electron chi connectivity index (χ2n) is 8.65. The van der Waals surface area contributed by atoms with E-state index in [2.05, 4.69) is 14.9 Å². The molecule has 3 N–H and O–H groups in total. The maximum Gasteiger partial charge on any atom is 0.250 e. The summed E-state index contributed by atoms with van der Waals surface area (Å²) in [7, 11) is -2.99. The lowest BCUT2D eigenvalue weighted by Gasteiger charge is -2.32. The molecule has 1 saturated carbocycles. The molecule has 0 aliphatic heterocycles. The number of carbonyl (C=O) groups is 1. The van der Waals surface area contributed by atoms with E-state index in [1.807, 2.05) is 42.1 Å². The van der Waals surface area contributed by atoms with E-state index in [9.17, 15) is 13.2 Å². The van der Waals surface area contributed by atoms with Gasteiger partial charge in [0.2, 0.25) is 0 Å². The van der Waals surface area contributed by atoms with Crippen molar-refractivity contribution in [1.82, 2.24) is 19.4 Å². The summed E-state index contributed by atoms with van der Waals surface area (Å²) in [6.07, 6.45) is 12.4. The Bertz CT molecular complexity index is 1180. The van der Waals surface area contributed by atoms with Gasteiger partial charge in [0, 0.05) is 54.0 Å². The van der Waals surface area contributed by atoms with E-state index in [0.717, 1.165) is 42.3 Å². The van der Waals surface area contributed by atoms with Crippen LogP contribution < -0.4 is 11.1 Å². The molecule has 166 valence electrons. The zero-order valence-corrected chi connectivity index (χ0v) is 18.7. The van der Waals surface area contributed by atoms with Crippen LogP contribution in [0.3, 0.4) is 0 Å². The van der Waals surface area contributed by atoms with Crippen LogP contribution in [0.25, 0.3) is 16.6 Å². The molecule has 2 aromatic heterocycles. The Morgan fingerprint density at radius 1 is 1.26 bits per heavy atom. The van der Waals surface area contributed by atoms with Crippen molar-refractivity contribution in [2.24, 2.45) is 5.73 Å². The topological polar surface area (TPSA) is 112 Å². The van der Waals surface area contributed by atoms with Gasteiger partial charge in [-0.3, -0.25) is 4.79 Å². The van der Waals surface area contributed by atoms with Gasteiger partial charge in [-0.15, -0.1) is 0 Å². The van der Waals surface area contributed by atoms with Crippen LogP contribution in [-0.2, 0) is 9.84 Å². The average Bonchev–Trinajstić information content (AvgIpc) is 3.36. The van der Waals surface area contributed by atoms with Gasteiger partial charge in [0.05, 0.1) is 23.2 Å². The maximum absolute atomic E-state index is 12.3. The number of hydrogen-bond donors (Lipinski definition) is 2. The lowest BCUT2D eigenvalue weighted by molar-refractivity contribution is 0.100. The second kappa shape index (κ2) is 8.47. The van der Waals surface area contributed by atoms with E-state index in [4.69, 9.17) is 5.73 Å². The summed E-state index contributed by atoms with van der Waals surface area (Å²) in [6, 6.07) is 6.41. The number of sulfone groups is 1. The fraction of sp³-hybridized carbons (Fsp3) is 0.455. The van der Waals surface area contributed by atoms with E-state index in [1.165, 1.54) is 6.26 Å². The molecule has 31 heavy (non-hydrogen) atoms. The molecule has 1 atom stereocenters. The van der Waals surface area contributed by atoms with E-state index in [1.54, 1.807) is 12.5 Å². The smallest absolute Gasteiger partial charge is 0.250 e. The highest BCUT2D eigenvalue weighted by atomic mass is 32.2. The molecule has 0 bridgehead atoms. The zero-order chi connectivity index (χ0) is 22.2. The Hall–Kier alpha value is -2.65. The minimum Gasteiger partial charge on any atom is -0.366 e. The Balaban J connectivity index is 1.54. The van der Waals surface area contributed by atoms with Crippen LogP contribution in [-0.4, -0.2) is 52.5 Å². The first-order valence-corrected chi connectivity index (χ1v) is 12.6. The van der Waals surface area contributed by atoms with Crippen molar-refractivity contribution in [2.45, 2.75) is 50.7 Å². The molecule has 1 fully saturated rings. The highest BCUT2D eigenvalue weighted by Gasteiger charge is 2.26. The van der Waals surface area contributed by atoms with E-state index in [-0.39, 0.29) is 17.8 Å². The third kappa shape index (κ3) is 4.83. The SMILES string of the molecule is C[C@H](CS(C)(=O)=O)NC1CCC(n2ccc3cc(-n4ccnc4)cc(C(N)=O)c32)CC1. The first-order valence-electron chi connectivity index (χ1n) is 10.6. The number of imidazole rings is 1. The number of aromatic nitrogens is 3. The molecule has 0 radical (unpaired) electrons. The van der Waals surface area contributed by atoms with Crippen molar-refractivity contribution < 1.29 is 13.2 Å². The van der Waals surface area contributed by atoms with Gasteiger partial charge in [-0.25, -0.2) is 13.4 Å². The molecule has 1 aliphatic carbocycles. The molecule has 3 aromatic rings. The molecular weight excluding hydrogens is 414 g/mol. The van der Waals surface area contributed by atoms with Gasteiger partial charge in [0.1, 0.15) is 9.84 Å². The van der Waals surface area contributed by atoms with Crippen molar-refractivity contribution in [3.8, 4) is 5.69 Å². The van der Waals surface area contributed by atoms with Crippen LogP contribution in [0.4, 0.5) is 0 Å². The Labute approximate surface area is 182 Å². The van der Waals surface area contributed by atoms with Crippen LogP contribution in [0.5, 0.6) is 0 Å². The van der Waals surface area contributed by atoms with E-state index in [0.29, 0.717) is 11.6 Å². The maximum atomic E-state index is 12.3. The zero-order valence-electron chi connectivity index (χ0n) is 17.9. The summed E-state index contributed by atoms with van der Waals surface area (Å²) < 4.78 is 27.1. The van der Waals surface area contributed by atoms with Gasteiger partial charge in [-0.2, -0.15) is 0 Å². The van der Waals surface area contributed by atoms with Crippen molar-refractivity contribution in [3.05, 3.63) is 48.7 Å². The fourth-order valence-electron chi connectivity index (χ4n) is 4.77. The van der Waals surface area contributed by atoms with E-state index < -0.39 is 15.7 Å². The highest BCUT2D eigenvalue weighted by molar-refractivity contribution is 7.90. The third-order valence-electron chi connectivity index (χ3n) is 6.03. The molecule has 2 heterocycles. The Morgan fingerprint density at radius 2 is 2.00 bits per heavy atom. The predicted octanol–water partition coefficient (Wildman–Crippen LogP) is 2.43. The number of amides is 1. The molecule has 0 unspecified atom stereocenters. The van der Waals surface area contributed by atoms with Gasteiger partial charge in [-0.1, -0.05) is 0 Å². The quantitative estimate of drug-likeness (QED) is 0.582. The van der Waals surface area contributed by atoms with Gasteiger partial charge < -0.3 is 20.2 Å². The van der Waals surface area contributed by atoms with Crippen LogP contribution in [0.2, 0.25) is 0 Å². The van der Waals surface area contributed by atoms with Crippen molar-refractivity contribution in [2.75, 3.05) is 12.0 Å². The number of hydrogen-bond acceptors (Lipinski definition) is 5. The van der Waals surface area contributed by atoms with Gasteiger partial charge in [-0.05, 0) is 50.8 Å². The van der Waals surface area contributed by atoms with Gasteiger partial charge in [0.25, 0.3) is 5.91 Å². The minimum atomic E-state index is -2.99. The normalized spacial score (nSPS) is 20.7. The first-order chi connectivity index (χ1) is 14.7. The third-order valence-corrected chi connectivity index (χ3v) is 7.13. The molecule has 0 saturated heterocycles. The number of primary amides is 1. The van der Waals surface area contributed by atoms with E-state index >= 15 is 0 Å². The minimum absolute atomic E-state index is 0.0629. The van der Waals surface area contributed by atoms with Crippen LogP contribution in [0.1, 0.15) is 49.0 Å². The molecule has 9 heteroatoms. The van der Waals surface area contributed by atoms with Gasteiger partial charge >= 0.3 is 0 Å². The largest absolute Gasteiger partial charge is 0.366 e. The molecular formula is C22H29N5O3S. The standard InChI is InChI=1S/C22H29N5O3S/c1-15(13-31(2,29)30)25-17-3-5-18(6-4-17)27-9-7-16-11-19(26-10-8-24-14-26)12-20(21(16)27)22(23)28/h7-12,14-15,17-18,25H,3-6,13H2,1-2H3,(H2,23,28)/t15-,17?,18?/m1/s1. The van der Waals surface area contributed by atoms with Crippen LogP contribution in [0, 0.1) is 0 Å². The number of nitrogens with two attached hydrogens (primary N) is 1. The van der Waals surface area contributed by atoms with Crippen molar-refractivity contribution in [1.29, 1.82) is 0 Å². The fourth-order valence-corrected chi connectivity index (χ4v) is 5.77. The average molecular weight is 444 g/mol. The summed E-state index contributed by atoms with van der Waals surface area (Å²) in [4.78, 5) is 16.4. The molecule has 1 aliphatic rings. The number of fused-ring (bicyclic) bond motifs is 1. The number of nitrogens with one attached hydrogen (secondary N) is 1. The number of benzene rings is 1.